The molecule has 0 aliphatic carbocycles. The van der Waals surface area contributed by atoms with Crippen molar-refractivity contribution in [3.8, 4) is 11.5 Å². The Balaban J connectivity index is 1.72. The molecule has 4 rings (SSSR count). The SMILES string of the molecule is CCC(CC)(c1ccc(C)cc1)c1ccc(OS(=O)(=O)c2cc([N+]#N)c(O)c3ccccc23)cc1. The lowest BCUT2D eigenvalue weighted by molar-refractivity contribution is 0.473. The third-order valence-electron chi connectivity index (χ3n) is 6.76. The Kier molecular flexibility index (Phi) is 6.51. The van der Waals surface area contributed by atoms with Crippen LogP contribution in [0.5, 0.6) is 11.5 Å². The number of fused-ring (bicyclic) bond motifs is 1. The highest BCUT2D eigenvalue weighted by molar-refractivity contribution is 7.87. The predicted molar refractivity (Wildman–Crippen MR) is 137 cm³/mol. The van der Waals surface area contributed by atoms with Gasteiger partial charge in [0.2, 0.25) is 11.1 Å². The van der Waals surface area contributed by atoms with Crippen molar-refractivity contribution in [3.63, 3.8) is 0 Å². The van der Waals surface area contributed by atoms with Gasteiger partial charge in [-0.25, -0.2) is 0 Å². The van der Waals surface area contributed by atoms with Crippen LogP contribution in [-0.4, -0.2) is 13.5 Å². The molecule has 0 bridgehead atoms. The second-order valence-electron chi connectivity index (χ2n) is 8.61. The first-order valence-corrected chi connectivity index (χ1v) is 12.9. The van der Waals surface area contributed by atoms with Gasteiger partial charge in [0.05, 0.1) is 6.07 Å². The summed E-state index contributed by atoms with van der Waals surface area (Å²) >= 11 is 0. The molecule has 4 aromatic rings. The Bertz CT molecular complexity index is 1520. The monoisotopic (exact) mass is 487 g/mol. The van der Waals surface area contributed by atoms with Crippen LogP contribution in [0.15, 0.2) is 83.8 Å². The summed E-state index contributed by atoms with van der Waals surface area (Å²) in [4.78, 5) is 2.83. The predicted octanol–water partition coefficient (Wildman–Crippen LogP) is 7.21. The van der Waals surface area contributed by atoms with E-state index in [1.165, 1.54) is 11.1 Å². The van der Waals surface area contributed by atoms with Gasteiger partial charge in [-0.15, -0.1) is 0 Å². The molecule has 0 amide bonds. The number of phenolic OH excluding ortho intramolecular Hbond substituents is 1. The number of rotatable bonds is 7. The summed E-state index contributed by atoms with van der Waals surface area (Å²) in [5, 5.41) is 20.1. The molecule has 0 heterocycles. The van der Waals surface area contributed by atoms with Gasteiger partial charge in [-0.3, -0.25) is 0 Å². The van der Waals surface area contributed by atoms with Crippen LogP contribution in [0.1, 0.15) is 43.4 Å². The normalized spacial score (nSPS) is 11.8. The molecule has 0 aromatic heterocycles. The van der Waals surface area contributed by atoms with Crippen molar-refractivity contribution >= 4 is 26.6 Å². The van der Waals surface area contributed by atoms with Crippen molar-refractivity contribution in [2.45, 2.75) is 43.9 Å². The zero-order chi connectivity index (χ0) is 25.2. The van der Waals surface area contributed by atoms with Crippen LogP contribution in [0.4, 0.5) is 5.69 Å². The molecule has 0 spiro atoms. The topological polar surface area (TPSA) is 91.8 Å². The molecule has 0 fully saturated rings. The molecule has 0 aliphatic heterocycles. The molecule has 0 unspecified atom stereocenters. The Morgan fingerprint density at radius 3 is 1.97 bits per heavy atom. The minimum Gasteiger partial charge on any atom is -0.501 e. The van der Waals surface area contributed by atoms with E-state index in [9.17, 15) is 18.9 Å². The maximum atomic E-state index is 13.2. The number of nitrogens with zero attached hydrogens (tertiary/aromatic N) is 2. The highest BCUT2D eigenvalue weighted by atomic mass is 32.2. The number of diazo groups is 1. The summed E-state index contributed by atoms with van der Waals surface area (Å²) in [6, 6.07) is 23.1. The third kappa shape index (κ3) is 4.33. The van der Waals surface area contributed by atoms with Gasteiger partial charge >= 0.3 is 15.8 Å². The fourth-order valence-electron chi connectivity index (χ4n) is 4.70. The molecule has 0 radical (unpaired) electrons. The first kappa shape index (κ1) is 24.2. The number of phenols is 1. The van der Waals surface area contributed by atoms with E-state index in [0.29, 0.717) is 0 Å². The molecular weight excluding hydrogens is 460 g/mol. The summed E-state index contributed by atoms with van der Waals surface area (Å²) in [7, 11) is -4.29. The molecule has 4 aromatic carbocycles. The number of aryl methyl sites for hydroxylation is 1. The molecule has 6 nitrogen and oxygen atoms in total. The van der Waals surface area contributed by atoms with Crippen LogP contribution in [0.2, 0.25) is 0 Å². The van der Waals surface area contributed by atoms with Crippen molar-refractivity contribution in [2.24, 2.45) is 0 Å². The van der Waals surface area contributed by atoms with Crippen molar-refractivity contribution in [2.75, 3.05) is 0 Å². The van der Waals surface area contributed by atoms with Gasteiger partial charge in [-0.1, -0.05) is 80.1 Å². The fourth-order valence-corrected chi connectivity index (χ4v) is 5.86. The van der Waals surface area contributed by atoms with E-state index in [-0.39, 0.29) is 38.3 Å². The highest BCUT2D eigenvalue weighted by Crippen LogP contribution is 2.41. The minimum atomic E-state index is -4.29. The summed E-state index contributed by atoms with van der Waals surface area (Å²) < 4.78 is 31.9. The summed E-state index contributed by atoms with van der Waals surface area (Å²) in [6.45, 7) is 6.36. The second kappa shape index (κ2) is 9.40. The number of aromatic hydroxyl groups is 1. The van der Waals surface area contributed by atoms with E-state index < -0.39 is 10.1 Å². The largest absolute Gasteiger partial charge is 0.501 e. The Morgan fingerprint density at radius 2 is 1.43 bits per heavy atom. The van der Waals surface area contributed by atoms with Crippen molar-refractivity contribution in [3.05, 3.63) is 101 Å². The van der Waals surface area contributed by atoms with Gasteiger partial charge in [0.25, 0.3) is 0 Å². The Labute approximate surface area is 205 Å². The van der Waals surface area contributed by atoms with E-state index >= 15 is 0 Å². The summed E-state index contributed by atoms with van der Waals surface area (Å²) in [6.07, 6.45) is 1.77. The van der Waals surface area contributed by atoms with Crippen LogP contribution in [0.3, 0.4) is 0 Å². The van der Waals surface area contributed by atoms with Crippen molar-refractivity contribution in [1.82, 2.24) is 0 Å². The molecule has 0 saturated carbocycles. The number of hydrogen-bond acceptors (Lipinski definition) is 5. The maximum absolute atomic E-state index is 13.2. The lowest BCUT2D eigenvalue weighted by Gasteiger charge is -2.33. The van der Waals surface area contributed by atoms with Gasteiger partial charge in [0, 0.05) is 16.2 Å². The van der Waals surface area contributed by atoms with Crippen molar-refractivity contribution < 1.29 is 17.7 Å². The van der Waals surface area contributed by atoms with Gasteiger partial charge in [0.1, 0.15) is 10.6 Å². The standard InChI is InChI=1S/C28H26N2O4S/c1-4-28(5-2,20-12-10-19(3)11-13-20)21-14-16-22(17-15-21)34-35(32,33)26-18-25(30-29)27(31)24-9-7-6-8-23(24)26/h6-18H,4-5H2,1-3H3/p+1. The zero-order valence-electron chi connectivity index (χ0n) is 19.9. The van der Waals surface area contributed by atoms with E-state index in [0.717, 1.165) is 24.5 Å². The van der Waals surface area contributed by atoms with Gasteiger partial charge < -0.3 is 9.29 Å². The zero-order valence-corrected chi connectivity index (χ0v) is 20.7. The number of benzene rings is 4. The minimum absolute atomic E-state index is 0.165. The molecule has 35 heavy (non-hydrogen) atoms. The average molecular weight is 488 g/mol. The lowest BCUT2D eigenvalue weighted by atomic mass is 9.70. The molecule has 0 atom stereocenters. The maximum Gasteiger partial charge on any atom is 0.428 e. The quantitative estimate of drug-likeness (QED) is 0.220. The first-order chi connectivity index (χ1) is 16.8. The molecule has 178 valence electrons. The molecule has 0 saturated heterocycles. The molecule has 0 aliphatic rings. The van der Waals surface area contributed by atoms with Crippen molar-refractivity contribution in [1.29, 1.82) is 5.39 Å². The van der Waals surface area contributed by atoms with Gasteiger partial charge in [0.15, 0.2) is 4.98 Å². The van der Waals surface area contributed by atoms with Crippen LogP contribution in [0, 0.1) is 12.3 Å². The molecular formula is C28H27N2O4S+. The van der Waals surface area contributed by atoms with Crippen LogP contribution >= 0.6 is 0 Å². The van der Waals surface area contributed by atoms with Gasteiger partial charge in [-0.05, 0) is 43.0 Å². The first-order valence-electron chi connectivity index (χ1n) is 11.5. The number of hydrogen-bond donors (Lipinski definition) is 1. The second-order valence-corrected chi connectivity index (χ2v) is 10.1. The van der Waals surface area contributed by atoms with Gasteiger partial charge in [-0.2, -0.15) is 8.42 Å². The lowest BCUT2D eigenvalue weighted by Crippen LogP contribution is -2.26. The van der Waals surface area contributed by atoms with Crippen LogP contribution in [-0.2, 0) is 15.5 Å². The van der Waals surface area contributed by atoms with E-state index in [1.807, 2.05) is 12.1 Å². The van der Waals surface area contributed by atoms with E-state index in [1.54, 1.807) is 36.4 Å². The van der Waals surface area contributed by atoms with Crippen LogP contribution < -0.4 is 4.18 Å². The van der Waals surface area contributed by atoms with E-state index in [2.05, 4.69) is 50.0 Å². The third-order valence-corrected chi connectivity index (χ3v) is 8.05. The van der Waals surface area contributed by atoms with Crippen LogP contribution in [0.25, 0.3) is 15.7 Å². The average Bonchev–Trinajstić information content (AvgIpc) is 2.87. The summed E-state index contributed by atoms with van der Waals surface area (Å²) in [5.41, 5.74) is 3.03. The molecule has 7 heteroatoms. The highest BCUT2D eigenvalue weighted by Gasteiger charge is 2.31. The molecule has 1 N–H and O–H groups in total. The Hall–Kier alpha value is -3.89. The van der Waals surface area contributed by atoms with E-state index in [4.69, 9.17) is 4.18 Å². The smallest absolute Gasteiger partial charge is 0.428 e. The summed E-state index contributed by atoms with van der Waals surface area (Å²) in [5.74, 6) is -0.142. The fraction of sp³-hybridized carbons (Fsp3) is 0.214. The Morgan fingerprint density at radius 1 is 0.886 bits per heavy atom.